The summed E-state index contributed by atoms with van der Waals surface area (Å²) >= 11 is 0. The molecule has 68 valence electrons. The number of hydrogen-bond donors (Lipinski definition) is 0. The number of nitrogens with zero attached hydrogens (tertiary/aromatic N) is 1. The van der Waals surface area contributed by atoms with Crippen molar-refractivity contribution in [3.05, 3.63) is 0 Å². The van der Waals surface area contributed by atoms with E-state index in [0.717, 1.165) is 29.8 Å². The molecule has 1 nitrogen and oxygen atoms in total. The number of rotatable bonds is 0. The molecule has 0 aromatic rings. The average Bonchev–Trinajstić information content (AvgIpc) is 2.66. The van der Waals surface area contributed by atoms with Gasteiger partial charge in [0.15, 0.2) is 0 Å². The fourth-order valence-electron chi connectivity index (χ4n) is 3.95. The van der Waals surface area contributed by atoms with Gasteiger partial charge in [-0.05, 0) is 37.0 Å². The minimum Gasteiger partial charge on any atom is -0.297 e. The van der Waals surface area contributed by atoms with Crippen LogP contribution in [0.15, 0.2) is 0 Å². The van der Waals surface area contributed by atoms with Crippen molar-refractivity contribution in [2.75, 3.05) is 6.54 Å². The van der Waals surface area contributed by atoms with Gasteiger partial charge in [-0.1, -0.05) is 13.8 Å². The van der Waals surface area contributed by atoms with Crippen LogP contribution in [0.5, 0.6) is 0 Å². The zero-order valence-corrected chi connectivity index (χ0v) is 8.16. The van der Waals surface area contributed by atoms with Crippen molar-refractivity contribution in [3.63, 3.8) is 0 Å². The summed E-state index contributed by atoms with van der Waals surface area (Å²) in [6.45, 7) is 6.30. The van der Waals surface area contributed by atoms with Crippen molar-refractivity contribution >= 4 is 0 Å². The van der Waals surface area contributed by atoms with Gasteiger partial charge in [-0.3, -0.25) is 4.90 Å². The van der Waals surface area contributed by atoms with Gasteiger partial charge in [0.1, 0.15) is 0 Å². The van der Waals surface area contributed by atoms with E-state index in [-0.39, 0.29) is 0 Å². The molecule has 3 fully saturated rings. The molecular weight excluding hydrogens is 146 g/mol. The highest BCUT2D eigenvalue weighted by molar-refractivity contribution is 5.06. The summed E-state index contributed by atoms with van der Waals surface area (Å²) in [6, 6.07) is 1.98. The molecule has 1 aliphatic carbocycles. The first-order valence-corrected chi connectivity index (χ1v) is 5.53. The van der Waals surface area contributed by atoms with Crippen molar-refractivity contribution in [1.29, 1.82) is 0 Å². The normalized spacial score (nSPS) is 58.0. The third-order valence-corrected chi connectivity index (χ3v) is 4.72. The van der Waals surface area contributed by atoms with Crippen LogP contribution in [0.4, 0.5) is 0 Å². The molecule has 0 radical (unpaired) electrons. The second kappa shape index (κ2) is 2.25. The highest BCUT2D eigenvalue weighted by Crippen LogP contribution is 2.50. The predicted octanol–water partition coefficient (Wildman–Crippen LogP) is 2.13. The van der Waals surface area contributed by atoms with Crippen molar-refractivity contribution in [2.24, 2.45) is 17.8 Å². The maximum absolute atomic E-state index is 2.82. The molecule has 12 heavy (non-hydrogen) atoms. The molecule has 1 heteroatoms. The topological polar surface area (TPSA) is 3.24 Å². The molecule has 0 spiro atoms. The number of piperidine rings is 1. The van der Waals surface area contributed by atoms with Gasteiger partial charge >= 0.3 is 0 Å². The van der Waals surface area contributed by atoms with E-state index >= 15 is 0 Å². The van der Waals surface area contributed by atoms with Crippen LogP contribution in [0.3, 0.4) is 0 Å². The van der Waals surface area contributed by atoms with Gasteiger partial charge in [-0.25, -0.2) is 0 Å². The quantitative estimate of drug-likeness (QED) is 0.531. The smallest absolute Gasteiger partial charge is 0.0156 e. The zero-order valence-electron chi connectivity index (χ0n) is 8.16. The lowest BCUT2D eigenvalue weighted by Crippen LogP contribution is -2.37. The molecule has 0 aromatic carbocycles. The van der Waals surface area contributed by atoms with E-state index in [1.165, 1.54) is 25.8 Å². The van der Waals surface area contributed by atoms with Crippen molar-refractivity contribution in [1.82, 2.24) is 4.90 Å². The number of fused-ring (bicyclic) bond motifs is 5. The van der Waals surface area contributed by atoms with Gasteiger partial charge in [0, 0.05) is 18.6 Å². The Balaban J connectivity index is 1.90. The monoisotopic (exact) mass is 165 g/mol. The first-order chi connectivity index (χ1) is 5.77. The van der Waals surface area contributed by atoms with Crippen LogP contribution in [-0.4, -0.2) is 23.5 Å². The van der Waals surface area contributed by atoms with Crippen LogP contribution in [0.2, 0.25) is 0 Å². The Hall–Kier alpha value is -0.0400. The fourth-order valence-corrected chi connectivity index (χ4v) is 3.95. The van der Waals surface area contributed by atoms with E-state index in [0.29, 0.717) is 0 Å². The van der Waals surface area contributed by atoms with Crippen LogP contribution in [0, 0.1) is 17.8 Å². The van der Waals surface area contributed by atoms with Gasteiger partial charge in [0.2, 0.25) is 0 Å². The largest absolute Gasteiger partial charge is 0.297 e. The van der Waals surface area contributed by atoms with Crippen molar-refractivity contribution in [3.8, 4) is 0 Å². The fraction of sp³-hybridized carbons (Fsp3) is 1.00. The molecule has 2 heterocycles. The Morgan fingerprint density at radius 1 is 1.17 bits per heavy atom. The summed E-state index contributed by atoms with van der Waals surface area (Å²) in [6.07, 6.45) is 4.56. The lowest BCUT2D eigenvalue weighted by Gasteiger charge is -2.30. The Morgan fingerprint density at radius 2 is 2.00 bits per heavy atom. The van der Waals surface area contributed by atoms with E-state index in [9.17, 15) is 0 Å². The Morgan fingerprint density at radius 3 is 2.75 bits per heavy atom. The van der Waals surface area contributed by atoms with Gasteiger partial charge in [-0.15, -0.1) is 0 Å². The summed E-state index contributed by atoms with van der Waals surface area (Å²) in [5.41, 5.74) is 0. The van der Waals surface area contributed by atoms with Crippen LogP contribution in [-0.2, 0) is 0 Å². The molecule has 1 saturated carbocycles. The molecule has 2 aliphatic heterocycles. The molecular formula is C11H19N. The number of hydrogen-bond acceptors (Lipinski definition) is 1. The van der Waals surface area contributed by atoms with E-state index in [1.54, 1.807) is 0 Å². The third-order valence-electron chi connectivity index (χ3n) is 4.72. The van der Waals surface area contributed by atoms with Gasteiger partial charge in [0.25, 0.3) is 0 Å². The Bertz CT molecular complexity index is 199. The van der Waals surface area contributed by atoms with Crippen molar-refractivity contribution in [2.45, 2.75) is 45.2 Å². The Labute approximate surface area is 75.1 Å². The van der Waals surface area contributed by atoms with E-state index in [4.69, 9.17) is 0 Å². The standard InChI is InChI=1S/C11H19N/c1-7-6-12-10-4-3-9(5-10)11(12)8(7)2/h7-11H,3-6H2,1-2H3. The lowest BCUT2D eigenvalue weighted by atomic mass is 9.86. The summed E-state index contributed by atoms with van der Waals surface area (Å²) in [4.78, 5) is 2.82. The molecule has 3 rings (SSSR count). The van der Waals surface area contributed by atoms with Gasteiger partial charge < -0.3 is 0 Å². The van der Waals surface area contributed by atoms with E-state index < -0.39 is 0 Å². The van der Waals surface area contributed by atoms with E-state index in [2.05, 4.69) is 18.7 Å². The molecule has 5 atom stereocenters. The highest BCUT2D eigenvalue weighted by atomic mass is 15.3. The Kier molecular flexibility index (Phi) is 1.39. The minimum atomic E-state index is 0.957. The van der Waals surface area contributed by atoms with Crippen LogP contribution in [0.1, 0.15) is 33.1 Å². The summed E-state index contributed by atoms with van der Waals surface area (Å²) in [7, 11) is 0. The summed E-state index contributed by atoms with van der Waals surface area (Å²) < 4.78 is 0. The van der Waals surface area contributed by atoms with Crippen LogP contribution >= 0.6 is 0 Å². The zero-order chi connectivity index (χ0) is 8.29. The molecule has 2 bridgehead atoms. The van der Waals surface area contributed by atoms with Gasteiger partial charge in [0.05, 0.1) is 0 Å². The molecule has 3 aliphatic rings. The maximum atomic E-state index is 2.82. The van der Waals surface area contributed by atoms with Crippen LogP contribution in [0.25, 0.3) is 0 Å². The first kappa shape index (κ1) is 7.37. The first-order valence-electron chi connectivity index (χ1n) is 5.53. The average molecular weight is 165 g/mol. The SMILES string of the molecule is CC1CN2C3CCC(C3)C2C1C. The third kappa shape index (κ3) is 0.736. The van der Waals surface area contributed by atoms with E-state index in [1.807, 2.05) is 0 Å². The van der Waals surface area contributed by atoms with Crippen LogP contribution < -0.4 is 0 Å². The molecule has 0 N–H and O–H groups in total. The summed E-state index contributed by atoms with van der Waals surface area (Å²) in [5.74, 6) is 3.01. The molecule has 5 unspecified atom stereocenters. The molecule has 0 amide bonds. The maximum Gasteiger partial charge on any atom is 0.0156 e. The lowest BCUT2D eigenvalue weighted by molar-refractivity contribution is 0.168. The van der Waals surface area contributed by atoms with Crippen molar-refractivity contribution < 1.29 is 0 Å². The summed E-state index contributed by atoms with van der Waals surface area (Å²) in [5, 5.41) is 0. The second-order valence-electron chi connectivity index (χ2n) is 5.25. The van der Waals surface area contributed by atoms with Gasteiger partial charge in [-0.2, -0.15) is 0 Å². The molecule has 0 aromatic heterocycles. The highest BCUT2D eigenvalue weighted by Gasteiger charge is 2.52. The predicted molar refractivity (Wildman–Crippen MR) is 50.0 cm³/mol. The molecule has 2 saturated heterocycles. The second-order valence-corrected chi connectivity index (χ2v) is 5.25. The minimum absolute atomic E-state index is 0.957.